The van der Waals surface area contributed by atoms with Gasteiger partial charge in [-0.1, -0.05) is 0 Å². The van der Waals surface area contributed by atoms with E-state index in [9.17, 15) is 9.59 Å². The fourth-order valence-corrected chi connectivity index (χ4v) is 3.15. The first-order valence-electron chi connectivity index (χ1n) is 5.75. The van der Waals surface area contributed by atoms with Crippen LogP contribution in [0.1, 0.15) is 24.1 Å². The summed E-state index contributed by atoms with van der Waals surface area (Å²) in [6.45, 7) is 0.259. The van der Waals surface area contributed by atoms with Crippen molar-refractivity contribution in [1.82, 2.24) is 5.32 Å². The number of carboxylic acid groups (broad SMARTS) is 1. The van der Waals surface area contributed by atoms with Gasteiger partial charge in [0.2, 0.25) is 5.91 Å². The van der Waals surface area contributed by atoms with Crippen LogP contribution in [0.3, 0.4) is 0 Å². The molecule has 0 unspecified atom stereocenters. The van der Waals surface area contributed by atoms with E-state index < -0.39 is 11.4 Å². The van der Waals surface area contributed by atoms with Crippen molar-refractivity contribution in [2.75, 3.05) is 6.54 Å². The predicted octanol–water partition coefficient (Wildman–Crippen LogP) is 2.42. The molecule has 6 heteroatoms. The number of nitrogens with one attached hydrogen (secondary N) is 1. The highest BCUT2D eigenvalue weighted by atomic mass is 79.9. The molecular weight excluding hydrogens is 318 g/mol. The molecule has 0 atom stereocenters. The van der Waals surface area contributed by atoms with Crippen LogP contribution >= 0.6 is 27.3 Å². The molecule has 0 aliphatic heterocycles. The second-order valence-electron chi connectivity index (χ2n) is 4.59. The van der Waals surface area contributed by atoms with Gasteiger partial charge in [0.05, 0.1) is 5.41 Å². The molecule has 4 nitrogen and oxygen atoms in total. The van der Waals surface area contributed by atoms with Gasteiger partial charge in [-0.2, -0.15) is 0 Å². The molecule has 18 heavy (non-hydrogen) atoms. The number of hydrogen-bond acceptors (Lipinski definition) is 3. The van der Waals surface area contributed by atoms with Gasteiger partial charge >= 0.3 is 5.97 Å². The topological polar surface area (TPSA) is 66.4 Å². The zero-order valence-corrected chi connectivity index (χ0v) is 12.1. The van der Waals surface area contributed by atoms with Crippen LogP contribution in [0.4, 0.5) is 0 Å². The third-order valence-electron chi connectivity index (χ3n) is 3.15. The summed E-state index contributed by atoms with van der Waals surface area (Å²) in [7, 11) is 0. The summed E-state index contributed by atoms with van der Waals surface area (Å²) in [6, 6.07) is 2.00. The van der Waals surface area contributed by atoms with E-state index in [1.807, 2.05) is 11.4 Å². The van der Waals surface area contributed by atoms with Crippen LogP contribution in [0.15, 0.2) is 15.9 Å². The van der Waals surface area contributed by atoms with E-state index in [1.165, 1.54) is 0 Å². The molecule has 2 rings (SSSR count). The summed E-state index contributed by atoms with van der Waals surface area (Å²) in [5, 5.41) is 13.7. The van der Waals surface area contributed by atoms with E-state index in [0.29, 0.717) is 25.7 Å². The molecule has 0 saturated heterocycles. The van der Waals surface area contributed by atoms with Gasteiger partial charge < -0.3 is 10.4 Å². The largest absolute Gasteiger partial charge is 0.481 e. The van der Waals surface area contributed by atoms with Crippen LogP contribution in [0, 0.1) is 5.41 Å². The van der Waals surface area contributed by atoms with Crippen molar-refractivity contribution in [2.45, 2.75) is 25.7 Å². The first kappa shape index (κ1) is 13.5. The molecule has 1 aromatic rings. The van der Waals surface area contributed by atoms with Crippen LogP contribution in [0.5, 0.6) is 0 Å². The van der Waals surface area contributed by atoms with Crippen molar-refractivity contribution in [3.63, 3.8) is 0 Å². The number of amides is 1. The van der Waals surface area contributed by atoms with Crippen molar-refractivity contribution < 1.29 is 14.7 Å². The number of halogens is 1. The van der Waals surface area contributed by atoms with Crippen LogP contribution in [0.2, 0.25) is 0 Å². The molecular formula is C12H14BrNO3S. The van der Waals surface area contributed by atoms with Crippen molar-refractivity contribution in [2.24, 2.45) is 5.41 Å². The highest BCUT2D eigenvalue weighted by Crippen LogP contribution is 2.45. The molecule has 0 spiro atoms. The van der Waals surface area contributed by atoms with E-state index in [-0.39, 0.29) is 12.5 Å². The van der Waals surface area contributed by atoms with E-state index in [2.05, 4.69) is 21.2 Å². The normalized spacial score (nSPS) is 16.3. The van der Waals surface area contributed by atoms with E-state index >= 15 is 0 Å². The van der Waals surface area contributed by atoms with Crippen molar-refractivity contribution >= 4 is 39.1 Å². The molecule has 0 bridgehead atoms. The highest BCUT2D eigenvalue weighted by molar-refractivity contribution is 9.10. The number of hydrogen-bond donors (Lipinski definition) is 2. The maximum absolute atomic E-state index is 11.6. The van der Waals surface area contributed by atoms with Gasteiger partial charge in [0, 0.05) is 27.7 Å². The second-order valence-corrected chi connectivity index (χ2v) is 6.50. The zero-order chi connectivity index (χ0) is 13.2. The minimum Gasteiger partial charge on any atom is -0.481 e. The van der Waals surface area contributed by atoms with E-state index in [1.54, 1.807) is 11.3 Å². The van der Waals surface area contributed by atoms with Gasteiger partial charge in [-0.25, -0.2) is 0 Å². The molecule has 0 aromatic carbocycles. The van der Waals surface area contributed by atoms with Gasteiger partial charge in [0.15, 0.2) is 0 Å². The van der Waals surface area contributed by atoms with Crippen LogP contribution in [0.25, 0.3) is 0 Å². The number of rotatable bonds is 6. The fourth-order valence-electron chi connectivity index (χ4n) is 1.69. The molecule has 1 saturated carbocycles. The quantitative estimate of drug-likeness (QED) is 0.841. The van der Waals surface area contributed by atoms with E-state index in [4.69, 9.17) is 5.11 Å². The smallest absolute Gasteiger partial charge is 0.311 e. The SMILES string of the molecule is O=C(CCc1cc(Br)cs1)NCC1(C(=O)O)CC1. The molecule has 2 N–H and O–H groups in total. The standard InChI is InChI=1S/C12H14BrNO3S/c13-8-5-9(18-6-8)1-2-10(15)14-7-12(3-4-12)11(16)17/h5-6H,1-4,7H2,(H,14,15)(H,16,17). The summed E-state index contributed by atoms with van der Waals surface area (Å²) in [5.41, 5.74) is -0.679. The van der Waals surface area contributed by atoms with Crippen molar-refractivity contribution in [3.8, 4) is 0 Å². The monoisotopic (exact) mass is 331 g/mol. The van der Waals surface area contributed by atoms with Crippen LogP contribution < -0.4 is 5.32 Å². The Morgan fingerprint density at radius 1 is 1.50 bits per heavy atom. The first-order valence-corrected chi connectivity index (χ1v) is 7.42. The zero-order valence-electron chi connectivity index (χ0n) is 9.74. The maximum Gasteiger partial charge on any atom is 0.311 e. The van der Waals surface area contributed by atoms with Crippen molar-refractivity contribution in [3.05, 3.63) is 20.8 Å². The second kappa shape index (κ2) is 5.40. The minimum atomic E-state index is -0.801. The molecule has 1 fully saturated rings. The Morgan fingerprint density at radius 3 is 2.72 bits per heavy atom. The lowest BCUT2D eigenvalue weighted by Gasteiger charge is -2.10. The Labute approximate surface area is 118 Å². The molecule has 1 aromatic heterocycles. The van der Waals surface area contributed by atoms with Gasteiger partial charge in [0.25, 0.3) is 0 Å². The summed E-state index contributed by atoms with van der Waals surface area (Å²) in [5.74, 6) is -0.878. The molecule has 1 aliphatic rings. The number of carboxylic acids is 1. The molecule has 1 amide bonds. The average Bonchev–Trinajstić information content (AvgIpc) is 3.02. The van der Waals surface area contributed by atoms with E-state index in [0.717, 1.165) is 9.35 Å². The molecule has 1 heterocycles. The Hall–Kier alpha value is -0.880. The number of aryl methyl sites for hydroxylation is 1. The van der Waals surface area contributed by atoms with Crippen LogP contribution in [-0.4, -0.2) is 23.5 Å². The summed E-state index contributed by atoms with van der Waals surface area (Å²) in [6.07, 6.45) is 2.44. The lowest BCUT2D eigenvalue weighted by atomic mass is 10.1. The molecule has 0 radical (unpaired) electrons. The summed E-state index contributed by atoms with van der Waals surface area (Å²) < 4.78 is 1.03. The Bertz CT molecular complexity index is 468. The number of carbonyl (C=O) groups is 2. The average molecular weight is 332 g/mol. The Balaban J connectivity index is 1.71. The van der Waals surface area contributed by atoms with Crippen LogP contribution in [-0.2, 0) is 16.0 Å². The Morgan fingerprint density at radius 2 is 2.22 bits per heavy atom. The lowest BCUT2D eigenvalue weighted by molar-refractivity contribution is -0.143. The lowest BCUT2D eigenvalue weighted by Crippen LogP contribution is -2.34. The van der Waals surface area contributed by atoms with Crippen molar-refractivity contribution in [1.29, 1.82) is 0 Å². The highest BCUT2D eigenvalue weighted by Gasteiger charge is 2.50. The third kappa shape index (κ3) is 3.32. The molecule has 98 valence electrons. The minimum absolute atomic E-state index is 0.0768. The predicted molar refractivity (Wildman–Crippen MR) is 72.7 cm³/mol. The first-order chi connectivity index (χ1) is 8.52. The third-order valence-corrected chi connectivity index (χ3v) is 4.91. The maximum atomic E-state index is 11.6. The van der Waals surface area contributed by atoms with Gasteiger partial charge in [-0.15, -0.1) is 11.3 Å². The summed E-state index contributed by atoms with van der Waals surface area (Å²) in [4.78, 5) is 23.7. The number of carbonyl (C=O) groups excluding carboxylic acids is 1. The molecule has 1 aliphatic carbocycles. The summed E-state index contributed by atoms with van der Waals surface area (Å²) >= 11 is 4.98. The fraction of sp³-hybridized carbons (Fsp3) is 0.500. The number of thiophene rings is 1. The Kier molecular flexibility index (Phi) is 4.07. The van der Waals surface area contributed by atoms with Gasteiger partial charge in [-0.3, -0.25) is 9.59 Å². The van der Waals surface area contributed by atoms with Gasteiger partial charge in [0.1, 0.15) is 0 Å². The number of aliphatic carboxylic acids is 1. The van der Waals surface area contributed by atoms with Gasteiger partial charge in [-0.05, 0) is 41.3 Å².